The van der Waals surface area contributed by atoms with E-state index in [9.17, 15) is 9.59 Å². The first-order valence-corrected chi connectivity index (χ1v) is 9.11. The molecule has 0 spiro atoms. The molecule has 1 aromatic carbocycles. The molecule has 0 radical (unpaired) electrons. The fraction of sp³-hybridized carbons (Fsp3) is 0.286. The second kappa shape index (κ2) is 8.03. The van der Waals surface area contributed by atoms with Gasteiger partial charge in [0.15, 0.2) is 0 Å². The van der Waals surface area contributed by atoms with Crippen molar-refractivity contribution in [1.82, 2.24) is 14.9 Å². The zero-order valence-electron chi connectivity index (χ0n) is 15.9. The van der Waals surface area contributed by atoms with Crippen molar-refractivity contribution in [2.45, 2.75) is 20.4 Å². The van der Waals surface area contributed by atoms with Gasteiger partial charge in [0.05, 0.1) is 5.56 Å². The van der Waals surface area contributed by atoms with Gasteiger partial charge in [-0.25, -0.2) is 4.98 Å². The third kappa shape index (κ3) is 3.84. The predicted octanol–water partition coefficient (Wildman–Crippen LogP) is 2.71. The number of aromatic nitrogens is 2. The molecule has 0 unspecified atom stereocenters. The minimum absolute atomic E-state index is 0.113. The third-order valence-electron chi connectivity index (χ3n) is 4.68. The summed E-state index contributed by atoms with van der Waals surface area (Å²) in [6, 6.07) is 11.1. The molecule has 3 rings (SSSR count). The number of anilines is 1. The molecule has 0 saturated carbocycles. The van der Waals surface area contributed by atoms with Crippen LogP contribution in [0.4, 0.5) is 5.82 Å². The Labute approximate surface area is 158 Å². The van der Waals surface area contributed by atoms with Crippen molar-refractivity contribution in [3.63, 3.8) is 0 Å². The smallest absolute Gasteiger partial charge is 0.258 e. The summed E-state index contributed by atoms with van der Waals surface area (Å²) >= 11 is 0. The Morgan fingerprint density at radius 2 is 1.81 bits per heavy atom. The maximum absolute atomic E-state index is 12.7. The normalized spacial score (nSPS) is 10.8. The number of hydrogen-bond acceptors (Lipinski definition) is 4. The maximum Gasteiger partial charge on any atom is 0.258 e. The van der Waals surface area contributed by atoms with Gasteiger partial charge >= 0.3 is 0 Å². The van der Waals surface area contributed by atoms with E-state index in [0.717, 1.165) is 24.5 Å². The van der Waals surface area contributed by atoms with E-state index in [1.165, 1.54) is 4.57 Å². The van der Waals surface area contributed by atoms with Crippen molar-refractivity contribution < 1.29 is 4.79 Å². The van der Waals surface area contributed by atoms with Crippen LogP contribution in [0.3, 0.4) is 0 Å². The summed E-state index contributed by atoms with van der Waals surface area (Å²) in [5.41, 5.74) is 1.30. The van der Waals surface area contributed by atoms with Gasteiger partial charge in [-0.15, -0.1) is 0 Å². The molecule has 0 bridgehead atoms. The highest BCUT2D eigenvalue weighted by Gasteiger charge is 2.13. The standard InChI is InChI=1S/C21H24N4O2/c1-4-25(5-2)19-11-10-15(12-22-19)13-23-20(26)18-14-24(3)21(27)17-9-7-6-8-16(17)18/h6-12,14H,4-5,13H2,1-3H3,(H,23,26). The van der Waals surface area contributed by atoms with Gasteiger partial charge in [-0.2, -0.15) is 0 Å². The monoisotopic (exact) mass is 364 g/mol. The molecule has 27 heavy (non-hydrogen) atoms. The lowest BCUT2D eigenvalue weighted by atomic mass is 10.1. The molecule has 0 fully saturated rings. The Morgan fingerprint density at radius 3 is 2.44 bits per heavy atom. The first kappa shape index (κ1) is 18.6. The highest BCUT2D eigenvalue weighted by Crippen LogP contribution is 2.15. The zero-order chi connectivity index (χ0) is 19.4. The summed E-state index contributed by atoms with van der Waals surface area (Å²) in [5, 5.41) is 4.12. The van der Waals surface area contributed by atoms with E-state index < -0.39 is 0 Å². The van der Waals surface area contributed by atoms with Crippen LogP contribution in [0, 0.1) is 0 Å². The first-order valence-electron chi connectivity index (χ1n) is 9.11. The number of pyridine rings is 2. The minimum atomic E-state index is -0.213. The van der Waals surface area contributed by atoms with Gasteiger partial charge in [0.1, 0.15) is 5.82 Å². The molecular weight excluding hydrogens is 340 g/mol. The largest absolute Gasteiger partial charge is 0.357 e. The fourth-order valence-electron chi connectivity index (χ4n) is 3.13. The first-order chi connectivity index (χ1) is 13.0. The number of carbonyl (C=O) groups excluding carboxylic acids is 1. The molecule has 6 heteroatoms. The molecule has 2 aromatic heterocycles. The molecule has 6 nitrogen and oxygen atoms in total. The van der Waals surface area contributed by atoms with Crippen molar-refractivity contribution in [1.29, 1.82) is 0 Å². The highest BCUT2D eigenvalue weighted by molar-refractivity contribution is 6.06. The van der Waals surface area contributed by atoms with E-state index in [1.54, 1.807) is 37.6 Å². The average Bonchev–Trinajstić information content (AvgIpc) is 2.71. The Balaban J connectivity index is 1.78. The van der Waals surface area contributed by atoms with Gasteiger partial charge < -0.3 is 14.8 Å². The predicted molar refractivity (Wildman–Crippen MR) is 108 cm³/mol. The van der Waals surface area contributed by atoms with Gasteiger partial charge in [-0.1, -0.05) is 24.3 Å². The average molecular weight is 364 g/mol. The van der Waals surface area contributed by atoms with E-state index in [0.29, 0.717) is 22.9 Å². The quantitative estimate of drug-likeness (QED) is 0.730. The lowest BCUT2D eigenvalue weighted by Gasteiger charge is -2.19. The number of hydrogen-bond donors (Lipinski definition) is 1. The van der Waals surface area contributed by atoms with Crippen molar-refractivity contribution in [2.75, 3.05) is 18.0 Å². The van der Waals surface area contributed by atoms with Gasteiger partial charge in [0, 0.05) is 49.8 Å². The summed E-state index contributed by atoms with van der Waals surface area (Å²) in [7, 11) is 1.65. The van der Waals surface area contributed by atoms with E-state index >= 15 is 0 Å². The second-order valence-corrected chi connectivity index (χ2v) is 6.38. The van der Waals surface area contributed by atoms with Crippen LogP contribution in [0.15, 0.2) is 53.6 Å². The van der Waals surface area contributed by atoms with Crippen LogP contribution in [0.2, 0.25) is 0 Å². The Morgan fingerprint density at radius 1 is 1.11 bits per heavy atom. The number of rotatable bonds is 6. The van der Waals surface area contributed by atoms with Crippen LogP contribution in [0.5, 0.6) is 0 Å². The Hall–Kier alpha value is -3.15. The number of amides is 1. The molecule has 2 heterocycles. The Kier molecular flexibility index (Phi) is 5.54. The van der Waals surface area contributed by atoms with Gasteiger partial charge in [-0.3, -0.25) is 9.59 Å². The summed E-state index contributed by atoms with van der Waals surface area (Å²) < 4.78 is 1.44. The van der Waals surface area contributed by atoms with Crippen LogP contribution in [0.1, 0.15) is 29.8 Å². The lowest BCUT2D eigenvalue weighted by molar-refractivity contribution is 0.0952. The van der Waals surface area contributed by atoms with Crippen LogP contribution in [-0.2, 0) is 13.6 Å². The molecule has 0 aliphatic rings. The van der Waals surface area contributed by atoms with Crippen LogP contribution in [-0.4, -0.2) is 28.5 Å². The van der Waals surface area contributed by atoms with Gasteiger partial charge in [-0.05, 0) is 31.5 Å². The summed E-state index contributed by atoms with van der Waals surface area (Å²) in [4.78, 5) is 31.6. The molecular formula is C21H24N4O2. The summed E-state index contributed by atoms with van der Waals surface area (Å²) in [6.07, 6.45) is 3.37. The molecule has 0 aliphatic carbocycles. The number of carbonyl (C=O) groups is 1. The second-order valence-electron chi connectivity index (χ2n) is 6.38. The van der Waals surface area contributed by atoms with Crippen molar-refractivity contribution >= 4 is 22.5 Å². The highest BCUT2D eigenvalue weighted by atomic mass is 16.2. The number of benzene rings is 1. The number of nitrogens with one attached hydrogen (secondary N) is 1. The van der Waals surface area contributed by atoms with E-state index in [2.05, 4.69) is 29.0 Å². The molecule has 3 aromatic rings. The van der Waals surface area contributed by atoms with Crippen LogP contribution in [0.25, 0.3) is 10.8 Å². The van der Waals surface area contributed by atoms with Crippen LogP contribution >= 0.6 is 0 Å². The van der Waals surface area contributed by atoms with E-state index in [-0.39, 0.29) is 11.5 Å². The van der Waals surface area contributed by atoms with Crippen molar-refractivity contribution in [3.8, 4) is 0 Å². The molecule has 1 N–H and O–H groups in total. The maximum atomic E-state index is 12.7. The third-order valence-corrected chi connectivity index (χ3v) is 4.68. The molecule has 1 amide bonds. The van der Waals surface area contributed by atoms with Crippen LogP contribution < -0.4 is 15.8 Å². The lowest BCUT2D eigenvalue weighted by Crippen LogP contribution is -2.26. The zero-order valence-corrected chi connectivity index (χ0v) is 15.9. The van der Waals surface area contributed by atoms with Crippen molar-refractivity contribution in [2.24, 2.45) is 7.05 Å². The molecule has 0 aliphatic heterocycles. The van der Waals surface area contributed by atoms with Gasteiger partial charge in [0.2, 0.25) is 0 Å². The summed E-state index contributed by atoms with van der Waals surface area (Å²) in [5.74, 6) is 0.716. The van der Waals surface area contributed by atoms with E-state index in [1.807, 2.05) is 18.2 Å². The Bertz CT molecular complexity index is 1000. The van der Waals surface area contributed by atoms with Gasteiger partial charge in [0.25, 0.3) is 11.5 Å². The molecule has 140 valence electrons. The number of aryl methyl sites for hydroxylation is 1. The fourth-order valence-corrected chi connectivity index (χ4v) is 3.13. The number of fused-ring (bicyclic) bond motifs is 1. The number of nitrogens with zero attached hydrogens (tertiary/aromatic N) is 3. The van der Waals surface area contributed by atoms with E-state index in [4.69, 9.17) is 0 Å². The summed E-state index contributed by atoms with van der Waals surface area (Å²) in [6.45, 7) is 6.37. The topological polar surface area (TPSA) is 67.2 Å². The molecule has 0 saturated heterocycles. The SMILES string of the molecule is CCN(CC)c1ccc(CNC(=O)c2cn(C)c(=O)c3ccccc23)cn1. The minimum Gasteiger partial charge on any atom is -0.357 e. The van der Waals surface area contributed by atoms with Crippen molar-refractivity contribution in [3.05, 3.63) is 70.3 Å². The molecule has 0 atom stereocenters.